The minimum absolute atomic E-state index is 0.347. The summed E-state index contributed by atoms with van der Waals surface area (Å²) < 4.78 is 2.26. The van der Waals surface area contributed by atoms with E-state index < -0.39 is 0 Å². The predicted octanol–water partition coefficient (Wildman–Crippen LogP) is 4.94. The molecule has 1 saturated heterocycles. The van der Waals surface area contributed by atoms with Gasteiger partial charge in [-0.2, -0.15) is 9.97 Å². The second kappa shape index (κ2) is 10.6. The molecule has 0 atom stereocenters. The lowest BCUT2D eigenvalue weighted by Gasteiger charge is -2.32. The summed E-state index contributed by atoms with van der Waals surface area (Å²) in [4.78, 5) is 25.5. The van der Waals surface area contributed by atoms with Crippen molar-refractivity contribution in [3.05, 3.63) is 60.8 Å². The summed E-state index contributed by atoms with van der Waals surface area (Å²) in [6, 6.07) is 11.5. The molecule has 2 fully saturated rings. The summed E-state index contributed by atoms with van der Waals surface area (Å²) in [5.74, 6) is 1.94. The molecule has 6 rings (SSSR count). The Hall–Kier alpha value is -3.59. The first-order chi connectivity index (χ1) is 17.8. The Labute approximate surface area is 211 Å². The number of imidazole rings is 1. The standard InChI is InChI=1S/C27H33N9/c1-3-7-20(8-4-1)18-35-15-11-21(12-16-35)31-25-24-26(36(19-30-24)22-9-5-2-6-10-22)34-27(33-25)32-23-17-28-13-14-29-23/h1,3-4,7-8,13-14,17,19,21-22H,2,5-6,9-12,15-16,18H2,(H2,29,31,32,33,34). The quantitative estimate of drug-likeness (QED) is 0.381. The van der Waals surface area contributed by atoms with E-state index in [1.54, 1.807) is 18.6 Å². The topological polar surface area (TPSA) is 96.7 Å². The van der Waals surface area contributed by atoms with Gasteiger partial charge in [-0.05, 0) is 31.2 Å². The van der Waals surface area contributed by atoms with Crippen LogP contribution in [0.3, 0.4) is 0 Å². The molecule has 186 valence electrons. The largest absolute Gasteiger partial charge is 0.365 e. The van der Waals surface area contributed by atoms with Gasteiger partial charge in [0.15, 0.2) is 22.8 Å². The number of anilines is 3. The van der Waals surface area contributed by atoms with E-state index in [1.807, 2.05) is 6.33 Å². The number of hydrogen-bond donors (Lipinski definition) is 2. The highest BCUT2D eigenvalue weighted by Crippen LogP contribution is 2.32. The van der Waals surface area contributed by atoms with Crippen LogP contribution in [0.4, 0.5) is 17.6 Å². The summed E-state index contributed by atoms with van der Waals surface area (Å²) in [7, 11) is 0. The SMILES string of the molecule is c1ccc(CN2CCC(Nc3nc(Nc4cnccn4)nc4c3ncn4C3CCCCC3)CC2)cc1. The molecule has 4 aromatic rings. The molecule has 9 nitrogen and oxygen atoms in total. The first-order valence-electron chi connectivity index (χ1n) is 13.1. The van der Waals surface area contributed by atoms with Crippen LogP contribution in [0.1, 0.15) is 56.6 Å². The van der Waals surface area contributed by atoms with Crippen LogP contribution in [-0.4, -0.2) is 53.5 Å². The Morgan fingerprint density at radius 2 is 1.72 bits per heavy atom. The molecule has 0 amide bonds. The highest BCUT2D eigenvalue weighted by molar-refractivity contribution is 5.85. The molecule has 36 heavy (non-hydrogen) atoms. The fourth-order valence-electron chi connectivity index (χ4n) is 5.45. The van der Waals surface area contributed by atoms with Crippen molar-refractivity contribution in [1.29, 1.82) is 0 Å². The van der Waals surface area contributed by atoms with Gasteiger partial charge in [0.25, 0.3) is 0 Å². The van der Waals surface area contributed by atoms with Gasteiger partial charge in [0, 0.05) is 44.1 Å². The van der Waals surface area contributed by atoms with E-state index >= 15 is 0 Å². The number of nitrogens with zero attached hydrogens (tertiary/aromatic N) is 7. The smallest absolute Gasteiger partial charge is 0.232 e. The van der Waals surface area contributed by atoms with Crippen LogP contribution in [0.5, 0.6) is 0 Å². The van der Waals surface area contributed by atoms with Crippen LogP contribution in [0.2, 0.25) is 0 Å². The van der Waals surface area contributed by atoms with Gasteiger partial charge >= 0.3 is 0 Å². The Balaban J connectivity index is 1.22. The number of nitrogens with one attached hydrogen (secondary N) is 2. The molecule has 0 radical (unpaired) electrons. The molecule has 1 aliphatic heterocycles. The van der Waals surface area contributed by atoms with Crippen LogP contribution < -0.4 is 10.6 Å². The summed E-state index contributed by atoms with van der Waals surface area (Å²) in [6.45, 7) is 3.12. The second-order valence-corrected chi connectivity index (χ2v) is 9.91. The summed E-state index contributed by atoms with van der Waals surface area (Å²) >= 11 is 0. The van der Waals surface area contributed by atoms with Gasteiger partial charge in [-0.1, -0.05) is 49.6 Å². The summed E-state index contributed by atoms with van der Waals surface area (Å²) in [5.41, 5.74) is 3.10. The van der Waals surface area contributed by atoms with E-state index in [1.165, 1.54) is 37.7 Å². The predicted molar refractivity (Wildman–Crippen MR) is 141 cm³/mol. The van der Waals surface area contributed by atoms with E-state index in [-0.39, 0.29) is 0 Å². The lowest BCUT2D eigenvalue weighted by atomic mass is 9.95. The van der Waals surface area contributed by atoms with Crippen LogP contribution in [-0.2, 0) is 6.54 Å². The third kappa shape index (κ3) is 5.16. The molecule has 4 heterocycles. The van der Waals surface area contributed by atoms with Gasteiger partial charge in [0.2, 0.25) is 5.95 Å². The first kappa shape index (κ1) is 22.8. The van der Waals surface area contributed by atoms with E-state index in [4.69, 9.17) is 15.0 Å². The minimum atomic E-state index is 0.347. The van der Waals surface area contributed by atoms with Gasteiger partial charge in [0.05, 0.1) is 12.5 Å². The molecular weight excluding hydrogens is 450 g/mol. The second-order valence-electron chi connectivity index (χ2n) is 9.91. The number of fused-ring (bicyclic) bond motifs is 1. The van der Waals surface area contributed by atoms with Crippen molar-refractivity contribution < 1.29 is 0 Å². The molecule has 0 spiro atoms. The molecule has 1 aliphatic carbocycles. The molecule has 2 N–H and O–H groups in total. The van der Waals surface area contributed by atoms with E-state index in [0.717, 1.165) is 49.5 Å². The van der Waals surface area contributed by atoms with Crippen molar-refractivity contribution in [3.8, 4) is 0 Å². The molecule has 1 saturated carbocycles. The molecular formula is C27H33N9. The lowest BCUT2D eigenvalue weighted by Crippen LogP contribution is -2.38. The lowest BCUT2D eigenvalue weighted by molar-refractivity contribution is 0.211. The summed E-state index contributed by atoms with van der Waals surface area (Å²) in [5, 5.41) is 6.96. The number of likely N-dealkylation sites (tertiary alicyclic amines) is 1. The minimum Gasteiger partial charge on any atom is -0.365 e. The molecule has 9 heteroatoms. The van der Waals surface area contributed by atoms with Crippen molar-refractivity contribution in [2.75, 3.05) is 23.7 Å². The summed E-state index contributed by atoms with van der Waals surface area (Å²) in [6.07, 6.45) is 15.3. The van der Waals surface area contributed by atoms with E-state index in [2.05, 4.69) is 60.4 Å². The van der Waals surface area contributed by atoms with Crippen LogP contribution in [0.15, 0.2) is 55.2 Å². The van der Waals surface area contributed by atoms with E-state index in [0.29, 0.717) is 23.8 Å². The number of benzene rings is 1. The van der Waals surface area contributed by atoms with Crippen molar-refractivity contribution in [2.24, 2.45) is 0 Å². The number of rotatable bonds is 7. The van der Waals surface area contributed by atoms with Crippen LogP contribution >= 0.6 is 0 Å². The third-order valence-electron chi connectivity index (χ3n) is 7.37. The molecule has 3 aromatic heterocycles. The Kier molecular flexibility index (Phi) is 6.71. The van der Waals surface area contributed by atoms with Crippen LogP contribution in [0, 0.1) is 0 Å². The third-order valence-corrected chi connectivity index (χ3v) is 7.37. The van der Waals surface area contributed by atoms with Crippen molar-refractivity contribution in [2.45, 2.75) is 63.6 Å². The number of piperidine rings is 1. The van der Waals surface area contributed by atoms with Gasteiger partial charge in [0.1, 0.15) is 0 Å². The number of aromatic nitrogens is 6. The van der Waals surface area contributed by atoms with Crippen LogP contribution in [0.25, 0.3) is 11.2 Å². The average Bonchev–Trinajstić information content (AvgIpc) is 3.36. The average molecular weight is 484 g/mol. The number of hydrogen-bond acceptors (Lipinski definition) is 8. The zero-order valence-corrected chi connectivity index (χ0v) is 20.6. The normalized spacial score (nSPS) is 17.9. The maximum Gasteiger partial charge on any atom is 0.232 e. The maximum absolute atomic E-state index is 4.88. The first-order valence-corrected chi connectivity index (χ1v) is 13.1. The zero-order valence-electron chi connectivity index (χ0n) is 20.6. The Morgan fingerprint density at radius 3 is 2.50 bits per heavy atom. The van der Waals surface area contributed by atoms with Gasteiger partial charge in [-0.3, -0.25) is 9.88 Å². The molecule has 0 bridgehead atoms. The molecule has 1 aromatic carbocycles. The van der Waals surface area contributed by atoms with Crippen molar-refractivity contribution >= 4 is 28.7 Å². The van der Waals surface area contributed by atoms with Crippen molar-refractivity contribution in [1.82, 2.24) is 34.4 Å². The molecule has 0 unspecified atom stereocenters. The monoisotopic (exact) mass is 483 g/mol. The van der Waals surface area contributed by atoms with Gasteiger partial charge in [-0.15, -0.1) is 0 Å². The van der Waals surface area contributed by atoms with Gasteiger partial charge in [-0.25, -0.2) is 9.97 Å². The fraction of sp³-hybridized carbons (Fsp3) is 0.444. The molecule has 2 aliphatic rings. The fourth-order valence-corrected chi connectivity index (χ4v) is 5.45. The van der Waals surface area contributed by atoms with E-state index in [9.17, 15) is 0 Å². The van der Waals surface area contributed by atoms with Gasteiger partial charge < -0.3 is 15.2 Å². The highest BCUT2D eigenvalue weighted by atomic mass is 15.2. The maximum atomic E-state index is 4.88. The highest BCUT2D eigenvalue weighted by Gasteiger charge is 2.24. The van der Waals surface area contributed by atoms with Crippen molar-refractivity contribution in [3.63, 3.8) is 0 Å². The Morgan fingerprint density at radius 1 is 0.889 bits per heavy atom. The Bertz CT molecular complexity index is 1260. The zero-order chi connectivity index (χ0) is 24.2.